The Morgan fingerprint density at radius 3 is 2.30 bits per heavy atom. The summed E-state index contributed by atoms with van der Waals surface area (Å²) < 4.78 is 0. The van der Waals surface area contributed by atoms with E-state index < -0.39 is 59.7 Å². The third-order valence-corrected chi connectivity index (χ3v) is 6.89. The van der Waals surface area contributed by atoms with E-state index in [0.717, 1.165) is 10.9 Å². The minimum atomic E-state index is -1.26. The lowest BCUT2D eigenvalue weighted by Crippen LogP contribution is -2.57. The first kappa shape index (κ1) is 30.1. The van der Waals surface area contributed by atoms with Gasteiger partial charge < -0.3 is 42.8 Å². The summed E-state index contributed by atoms with van der Waals surface area (Å²) in [5.41, 5.74) is 17.8. The van der Waals surface area contributed by atoms with E-state index in [4.69, 9.17) is 17.2 Å². The zero-order valence-electron chi connectivity index (χ0n) is 21.9. The maximum Gasteiger partial charge on any atom is 0.326 e. The fraction of sp³-hybridized carbons (Fsp3) is 0.462. The highest BCUT2D eigenvalue weighted by Gasteiger charge is 2.38. The van der Waals surface area contributed by atoms with E-state index in [1.165, 1.54) is 4.90 Å². The molecular weight excluding hydrogens is 522 g/mol. The maximum atomic E-state index is 13.6. The summed E-state index contributed by atoms with van der Waals surface area (Å²) in [7, 11) is 0. The topological polar surface area (TPSA) is 244 Å². The van der Waals surface area contributed by atoms with Gasteiger partial charge in [0, 0.05) is 42.9 Å². The standard InChI is InChI=1S/C26H35N7O7/c27-16(7-9-21(28)34)23(36)32-19(12-14-13-30-17-5-2-1-4-15(14)17)24(37)31-18(8-10-22(29)35)25(38)33-11-3-6-20(33)26(39)40/h1-2,4-5,13,16,18-20,30H,3,6-12,27H2,(H2,28,34)(H2,29,35)(H,31,37)(H,32,36)(H,39,40). The van der Waals surface area contributed by atoms with Crippen LogP contribution in [-0.2, 0) is 35.2 Å². The average molecular weight is 558 g/mol. The van der Waals surface area contributed by atoms with Crippen LogP contribution >= 0.6 is 0 Å². The molecule has 0 bridgehead atoms. The van der Waals surface area contributed by atoms with Crippen molar-refractivity contribution in [1.82, 2.24) is 20.5 Å². The first-order valence-electron chi connectivity index (χ1n) is 13.0. The van der Waals surface area contributed by atoms with E-state index in [2.05, 4.69) is 15.6 Å². The minimum absolute atomic E-state index is 0.0162. The molecule has 2 aromatic rings. The molecule has 1 aliphatic heterocycles. The number of aromatic nitrogens is 1. The number of carbonyl (C=O) groups excluding carboxylic acids is 5. The molecule has 1 aromatic carbocycles. The fourth-order valence-electron chi connectivity index (χ4n) is 4.74. The van der Waals surface area contributed by atoms with Crippen molar-refractivity contribution < 1.29 is 33.9 Å². The second-order valence-electron chi connectivity index (χ2n) is 9.83. The lowest BCUT2D eigenvalue weighted by Gasteiger charge is -2.29. The third-order valence-electron chi connectivity index (χ3n) is 6.89. The molecule has 2 heterocycles. The van der Waals surface area contributed by atoms with Crippen LogP contribution < -0.4 is 27.8 Å². The van der Waals surface area contributed by atoms with Gasteiger partial charge in [-0.1, -0.05) is 18.2 Å². The van der Waals surface area contributed by atoms with Crippen molar-refractivity contribution in [3.63, 3.8) is 0 Å². The molecule has 216 valence electrons. The van der Waals surface area contributed by atoms with Gasteiger partial charge in [-0.3, -0.25) is 24.0 Å². The molecule has 0 saturated carbocycles. The van der Waals surface area contributed by atoms with Crippen molar-refractivity contribution in [1.29, 1.82) is 0 Å². The SMILES string of the molecule is NC(=O)CCC(N)C(=O)NC(Cc1c[nH]c2ccccc12)C(=O)NC(CCC(N)=O)C(=O)N1CCCC1C(=O)O. The van der Waals surface area contributed by atoms with Crippen LogP contribution in [-0.4, -0.2) is 81.2 Å². The number of hydrogen-bond acceptors (Lipinski definition) is 7. The van der Waals surface area contributed by atoms with Gasteiger partial charge in [-0.15, -0.1) is 0 Å². The molecule has 4 unspecified atom stereocenters. The Kier molecular flexibility index (Phi) is 10.2. The molecule has 1 saturated heterocycles. The monoisotopic (exact) mass is 557 g/mol. The number of benzene rings is 1. The molecule has 1 aliphatic rings. The molecule has 14 nitrogen and oxygen atoms in total. The number of nitrogens with one attached hydrogen (secondary N) is 3. The number of carboxylic acid groups (broad SMARTS) is 1. The van der Waals surface area contributed by atoms with Crippen LogP contribution in [0.3, 0.4) is 0 Å². The molecule has 10 N–H and O–H groups in total. The van der Waals surface area contributed by atoms with Crippen LogP contribution in [0.1, 0.15) is 44.1 Å². The number of likely N-dealkylation sites (tertiary alicyclic amines) is 1. The minimum Gasteiger partial charge on any atom is -0.480 e. The van der Waals surface area contributed by atoms with E-state index in [1.54, 1.807) is 6.20 Å². The van der Waals surface area contributed by atoms with Crippen LogP contribution in [0.25, 0.3) is 10.9 Å². The fourth-order valence-corrected chi connectivity index (χ4v) is 4.74. The Hall–Kier alpha value is -4.46. The van der Waals surface area contributed by atoms with Crippen LogP contribution in [0.15, 0.2) is 30.5 Å². The van der Waals surface area contributed by atoms with Crippen LogP contribution in [0, 0.1) is 0 Å². The zero-order valence-corrected chi connectivity index (χ0v) is 21.9. The van der Waals surface area contributed by atoms with Crippen LogP contribution in [0.4, 0.5) is 0 Å². The molecule has 3 rings (SSSR count). The van der Waals surface area contributed by atoms with E-state index in [1.807, 2.05) is 24.3 Å². The second-order valence-corrected chi connectivity index (χ2v) is 9.83. The predicted octanol–water partition coefficient (Wildman–Crippen LogP) is -1.39. The summed E-state index contributed by atoms with van der Waals surface area (Å²) in [4.78, 5) is 78.3. The Bertz CT molecular complexity index is 1280. The van der Waals surface area contributed by atoms with Crippen LogP contribution in [0.2, 0.25) is 0 Å². The number of carbonyl (C=O) groups is 6. The molecule has 0 aliphatic carbocycles. The number of aromatic amines is 1. The predicted molar refractivity (Wildman–Crippen MR) is 143 cm³/mol. The highest BCUT2D eigenvalue weighted by Crippen LogP contribution is 2.21. The van der Waals surface area contributed by atoms with E-state index in [-0.39, 0.29) is 45.1 Å². The second kappa shape index (κ2) is 13.6. The molecule has 14 heteroatoms. The van der Waals surface area contributed by atoms with Gasteiger partial charge in [0.15, 0.2) is 0 Å². The van der Waals surface area contributed by atoms with Gasteiger partial charge in [0.25, 0.3) is 0 Å². The van der Waals surface area contributed by atoms with E-state index in [9.17, 15) is 33.9 Å². The number of hydrogen-bond donors (Lipinski definition) is 7. The number of fused-ring (bicyclic) bond motifs is 1. The maximum absolute atomic E-state index is 13.6. The van der Waals surface area contributed by atoms with Gasteiger partial charge in [-0.05, 0) is 37.3 Å². The van der Waals surface area contributed by atoms with Gasteiger partial charge in [0.2, 0.25) is 29.5 Å². The Balaban J connectivity index is 1.85. The number of rotatable bonds is 14. The number of para-hydroxylation sites is 1. The molecule has 1 fully saturated rings. The summed E-state index contributed by atoms with van der Waals surface area (Å²) in [6.07, 6.45) is 1.89. The Morgan fingerprint density at radius 2 is 1.62 bits per heavy atom. The van der Waals surface area contributed by atoms with Crippen LogP contribution in [0.5, 0.6) is 0 Å². The summed E-state index contributed by atoms with van der Waals surface area (Å²) in [6, 6.07) is 2.71. The first-order valence-corrected chi connectivity index (χ1v) is 13.0. The highest BCUT2D eigenvalue weighted by molar-refractivity contribution is 5.95. The van der Waals surface area contributed by atoms with Crippen molar-refractivity contribution >= 4 is 46.4 Å². The van der Waals surface area contributed by atoms with Gasteiger partial charge >= 0.3 is 5.97 Å². The molecule has 4 atom stereocenters. The lowest BCUT2D eigenvalue weighted by molar-refractivity contribution is -0.149. The number of aliphatic carboxylic acids is 1. The third kappa shape index (κ3) is 7.79. The molecule has 40 heavy (non-hydrogen) atoms. The first-order chi connectivity index (χ1) is 19.0. The number of nitrogens with zero attached hydrogens (tertiary/aromatic N) is 1. The normalized spacial score (nSPS) is 17.1. The number of carboxylic acids is 1. The largest absolute Gasteiger partial charge is 0.480 e. The van der Waals surface area contributed by atoms with E-state index in [0.29, 0.717) is 12.0 Å². The summed E-state index contributed by atoms with van der Waals surface area (Å²) in [5, 5.41) is 15.5. The lowest BCUT2D eigenvalue weighted by atomic mass is 10.0. The van der Waals surface area contributed by atoms with Crippen molar-refractivity contribution in [3.8, 4) is 0 Å². The molecular formula is C26H35N7O7. The summed E-state index contributed by atoms with van der Waals surface area (Å²) >= 11 is 0. The van der Waals surface area contributed by atoms with Gasteiger partial charge in [0.05, 0.1) is 6.04 Å². The Morgan fingerprint density at radius 1 is 0.975 bits per heavy atom. The van der Waals surface area contributed by atoms with Crippen molar-refractivity contribution in [2.75, 3.05) is 6.54 Å². The summed E-state index contributed by atoms with van der Waals surface area (Å²) in [5.74, 6) is -4.60. The number of nitrogens with two attached hydrogens (primary N) is 3. The van der Waals surface area contributed by atoms with Crippen molar-refractivity contribution in [2.45, 2.75) is 69.1 Å². The van der Waals surface area contributed by atoms with E-state index >= 15 is 0 Å². The average Bonchev–Trinajstić information content (AvgIpc) is 3.56. The number of primary amides is 2. The summed E-state index contributed by atoms with van der Waals surface area (Å²) in [6.45, 7) is 0.183. The number of H-pyrrole nitrogens is 1. The highest BCUT2D eigenvalue weighted by atomic mass is 16.4. The molecule has 0 spiro atoms. The molecule has 0 radical (unpaired) electrons. The van der Waals surface area contributed by atoms with Gasteiger partial charge in [0.1, 0.15) is 18.1 Å². The van der Waals surface area contributed by atoms with Gasteiger partial charge in [-0.25, -0.2) is 4.79 Å². The molecule has 1 aromatic heterocycles. The molecule has 5 amide bonds. The number of amides is 5. The smallest absolute Gasteiger partial charge is 0.326 e. The van der Waals surface area contributed by atoms with Crippen molar-refractivity contribution in [3.05, 3.63) is 36.0 Å². The van der Waals surface area contributed by atoms with Gasteiger partial charge in [-0.2, -0.15) is 0 Å². The zero-order chi connectivity index (χ0) is 29.4. The Labute approximate surface area is 230 Å². The van der Waals surface area contributed by atoms with Crippen molar-refractivity contribution in [2.24, 2.45) is 17.2 Å². The quantitative estimate of drug-likeness (QED) is 0.145.